The van der Waals surface area contributed by atoms with Gasteiger partial charge in [-0.15, -0.1) is 0 Å². The Kier molecular flexibility index (Phi) is 10.1. The van der Waals surface area contributed by atoms with Crippen molar-refractivity contribution < 1.29 is 23.9 Å². The van der Waals surface area contributed by atoms with Crippen LogP contribution in [0.15, 0.2) is 6.07 Å². The first-order valence-corrected chi connectivity index (χ1v) is 15.0. The normalized spacial score (nSPS) is 20.8. The van der Waals surface area contributed by atoms with Crippen LogP contribution in [0.2, 0.25) is 0 Å². The number of nitrogens with one attached hydrogen (secondary N) is 2. The molecule has 0 unspecified atom stereocenters. The van der Waals surface area contributed by atoms with Crippen molar-refractivity contribution in [1.82, 2.24) is 20.1 Å². The largest absolute Gasteiger partial charge is 0.453 e. The molecule has 4 amide bonds. The third-order valence-corrected chi connectivity index (χ3v) is 8.84. The highest BCUT2D eigenvalue weighted by atomic mass is 16.5. The van der Waals surface area contributed by atoms with Gasteiger partial charge in [-0.25, -0.2) is 9.78 Å². The molecule has 0 radical (unpaired) electrons. The fourth-order valence-electron chi connectivity index (χ4n) is 6.63. The van der Waals surface area contributed by atoms with Crippen LogP contribution < -0.4 is 11.1 Å². The van der Waals surface area contributed by atoms with Gasteiger partial charge in [0.2, 0.25) is 5.91 Å². The first-order chi connectivity index (χ1) is 19.6. The molecule has 41 heavy (non-hydrogen) atoms. The van der Waals surface area contributed by atoms with Crippen LogP contribution in [0.3, 0.4) is 0 Å². The Bertz CT molecular complexity index is 1170. The SMILES string of the molecule is COC(=O)NC(=N)c1cc(C2CCCCC2)c(C)c(C(=O)N(C(=O)[C@@H]2CCCN2C(=O)[C@H](C)N)C2CCCCC2)n1. The number of methoxy groups -OCH3 is 1. The molecule has 4 N–H and O–H groups in total. The number of carbonyl (C=O) groups is 4. The lowest BCUT2D eigenvalue weighted by Gasteiger charge is -2.37. The summed E-state index contributed by atoms with van der Waals surface area (Å²) >= 11 is 0. The third kappa shape index (κ3) is 6.77. The number of nitrogens with two attached hydrogens (primary N) is 1. The second-order valence-electron chi connectivity index (χ2n) is 11.7. The van der Waals surface area contributed by atoms with Crippen LogP contribution in [0.5, 0.6) is 0 Å². The molecule has 11 nitrogen and oxygen atoms in total. The summed E-state index contributed by atoms with van der Waals surface area (Å²) in [5.41, 5.74) is 7.77. The van der Waals surface area contributed by atoms with Gasteiger partial charge < -0.3 is 15.4 Å². The molecule has 224 valence electrons. The number of nitrogens with zero attached hydrogens (tertiary/aromatic N) is 3. The molecule has 1 saturated heterocycles. The number of hydrogen-bond donors (Lipinski definition) is 3. The Hall–Kier alpha value is -3.34. The minimum Gasteiger partial charge on any atom is -0.453 e. The number of likely N-dealkylation sites (tertiary alicyclic amines) is 1. The number of rotatable bonds is 6. The summed E-state index contributed by atoms with van der Waals surface area (Å²) in [6, 6.07) is -0.00549. The number of aromatic nitrogens is 1. The van der Waals surface area contributed by atoms with Crippen LogP contribution >= 0.6 is 0 Å². The third-order valence-electron chi connectivity index (χ3n) is 8.84. The van der Waals surface area contributed by atoms with E-state index in [1.165, 1.54) is 16.9 Å². The van der Waals surface area contributed by atoms with Crippen molar-refractivity contribution in [2.75, 3.05) is 13.7 Å². The summed E-state index contributed by atoms with van der Waals surface area (Å²) in [6.45, 7) is 3.89. The van der Waals surface area contributed by atoms with E-state index in [2.05, 4.69) is 15.0 Å². The highest BCUT2D eigenvalue weighted by Crippen LogP contribution is 2.36. The first-order valence-electron chi connectivity index (χ1n) is 15.0. The van der Waals surface area contributed by atoms with E-state index in [0.29, 0.717) is 37.8 Å². The molecule has 2 aliphatic carbocycles. The zero-order chi connectivity index (χ0) is 29.7. The minimum absolute atomic E-state index is 0.112. The quantitative estimate of drug-likeness (QED) is 0.268. The topological polar surface area (TPSA) is 159 Å². The number of hydrogen-bond acceptors (Lipinski definition) is 8. The summed E-state index contributed by atoms with van der Waals surface area (Å²) in [5, 5.41) is 10.9. The number of ether oxygens (including phenoxy) is 1. The lowest BCUT2D eigenvalue weighted by atomic mass is 9.81. The van der Waals surface area contributed by atoms with Gasteiger partial charge in [0.05, 0.1) is 13.2 Å². The van der Waals surface area contributed by atoms with E-state index in [4.69, 9.17) is 11.1 Å². The average molecular weight is 569 g/mol. The molecule has 11 heteroatoms. The Labute approximate surface area is 242 Å². The van der Waals surface area contributed by atoms with Crippen molar-refractivity contribution >= 4 is 29.7 Å². The summed E-state index contributed by atoms with van der Waals surface area (Å²) in [5.74, 6) is -1.28. The maximum absolute atomic E-state index is 14.5. The molecular weight excluding hydrogens is 524 g/mol. The predicted octanol–water partition coefficient (Wildman–Crippen LogP) is 3.76. The number of pyridine rings is 1. The summed E-state index contributed by atoms with van der Waals surface area (Å²) in [4.78, 5) is 60.9. The molecule has 2 heterocycles. The fourth-order valence-corrected chi connectivity index (χ4v) is 6.63. The van der Waals surface area contributed by atoms with E-state index in [1.807, 2.05) is 6.92 Å². The zero-order valence-corrected chi connectivity index (χ0v) is 24.5. The molecule has 3 fully saturated rings. The van der Waals surface area contributed by atoms with Crippen molar-refractivity contribution in [1.29, 1.82) is 5.41 Å². The van der Waals surface area contributed by atoms with Crippen LogP contribution in [0.25, 0.3) is 0 Å². The summed E-state index contributed by atoms with van der Waals surface area (Å²) in [6.07, 6.45) is 9.78. The maximum Gasteiger partial charge on any atom is 0.412 e. The number of carbonyl (C=O) groups excluding carboxylic acids is 4. The first kappa shape index (κ1) is 30.6. The Morgan fingerprint density at radius 3 is 2.29 bits per heavy atom. The predicted molar refractivity (Wildman–Crippen MR) is 154 cm³/mol. The zero-order valence-electron chi connectivity index (χ0n) is 24.5. The van der Waals surface area contributed by atoms with Crippen molar-refractivity contribution in [3.05, 3.63) is 28.6 Å². The molecule has 3 aliphatic rings. The van der Waals surface area contributed by atoms with Crippen molar-refractivity contribution in [2.24, 2.45) is 5.73 Å². The minimum atomic E-state index is -0.802. The van der Waals surface area contributed by atoms with E-state index in [9.17, 15) is 19.2 Å². The Morgan fingerprint density at radius 2 is 1.68 bits per heavy atom. The average Bonchev–Trinajstić information content (AvgIpc) is 3.47. The van der Waals surface area contributed by atoms with Crippen LogP contribution in [-0.4, -0.2) is 76.2 Å². The molecule has 1 aromatic heterocycles. The van der Waals surface area contributed by atoms with E-state index in [1.54, 1.807) is 13.0 Å². The van der Waals surface area contributed by atoms with Gasteiger partial charge in [0.15, 0.2) is 5.84 Å². The molecule has 2 atom stereocenters. The standard InChI is InChI=1S/C30H44N6O5/c1-18-22(20-11-6-4-7-12-20)17-23(26(32)34-30(40)41-3)33-25(18)29(39)36(21-13-8-5-9-14-21)28(38)24-15-10-16-35(24)27(37)19(2)31/h17,19-21,24H,4-16,31H2,1-3H3,(H2,32,34,40)/t19-,24-/m0/s1. The van der Waals surface area contributed by atoms with Gasteiger partial charge in [0.25, 0.3) is 11.8 Å². The highest BCUT2D eigenvalue weighted by Gasteiger charge is 2.43. The molecule has 2 saturated carbocycles. The van der Waals surface area contributed by atoms with Crippen molar-refractivity contribution in [3.8, 4) is 0 Å². The second-order valence-corrected chi connectivity index (χ2v) is 11.7. The molecule has 0 aromatic carbocycles. The highest BCUT2D eigenvalue weighted by molar-refractivity contribution is 6.09. The number of amides is 4. The lowest BCUT2D eigenvalue weighted by molar-refractivity contribution is -0.144. The maximum atomic E-state index is 14.5. The second kappa shape index (κ2) is 13.5. The molecule has 1 aromatic rings. The van der Waals surface area contributed by atoms with Gasteiger partial charge in [-0.2, -0.15) is 0 Å². The Morgan fingerprint density at radius 1 is 1.05 bits per heavy atom. The van der Waals surface area contributed by atoms with Crippen molar-refractivity contribution in [2.45, 2.75) is 115 Å². The van der Waals surface area contributed by atoms with E-state index < -0.39 is 24.1 Å². The van der Waals surface area contributed by atoms with E-state index >= 15 is 0 Å². The molecule has 1 aliphatic heterocycles. The number of amidine groups is 1. The summed E-state index contributed by atoms with van der Waals surface area (Å²) < 4.78 is 4.66. The van der Waals surface area contributed by atoms with Crippen LogP contribution in [0.4, 0.5) is 4.79 Å². The van der Waals surface area contributed by atoms with Gasteiger partial charge in [-0.1, -0.05) is 38.5 Å². The van der Waals surface area contributed by atoms with E-state index in [0.717, 1.165) is 56.9 Å². The Balaban J connectivity index is 1.77. The van der Waals surface area contributed by atoms with Crippen LogP contribution in [-0.2, 0) is 14.3 Å². The van der Waals surface area contributed by atoms with Gasteiger partial charge in [-0.3, -0.25) is 30.0 Å². The number of alkyl carbamates (subject to hydrolysis) is 1. The van der Waals surface area contributed by atoms with Gasteiger partial charge in [0.1, 0.15) is 17.4 Å². The van der Waals surface area contributed by atoms with Gasteiger partial charge in [0, 0.05) is 12.6 Å². The molecule has 4 rings (SSSR count). The lowest BCUT2D eigenvalue weighted by Crippen LogP contribution is -2.55. The van der Waals surface area contributed by atoms with Gasteiger partial charge in [-0.05, 0) is 75.5 Å². The fraction of sp³-hybridized carbons (Fsp3) is 0.667. The van der Waals surface area contributed by atoms with Crippen LogP contribution in [0.1, 0.15) is 117 Å². The molecular formula is C30H44N6O5. The number of imide groups is 1. The van der Waals surface area contributed by atoms with Crippen molar-refractivity contribution in [3.63, 3.8) is 0 Å². The molecule has 0 spiro atoms. The smallest absolute Gasteiger partial charge is 0.412 e. The van der Waals surface area contributed by atoms with E-state index in [-0.39, 0.29) is 41.0 Å². The monoisotopic (exact) mass is 568 g/mol. The van der Waals surface area contributed by atoms with Crippen LogP contribution in [0, 0.1) is 12.3 Å². The summed E-state index contributed by atoms with van der Waals surface area (Å²) in [7, 11) is 1.21. The molecule has 0 bridgehead atoms. The van der Waals surface area contributed by atoms with Gasteiger partial charge >= 0.3 is 6.09 Å².